The van der Waals surface area contributed by atoms with E-state index >= 15 is 0 Å². The Balaban J connectivity index is 2.55. The molecule has 0 heterocycles. The molecule has 2 nitrogen and oxygen atoms in total. The molecule has 0 spiro atoms. The Kier molecular flexibility index (Phi) is 2.46. The minimum Gasteiger partial charge on any atom is -0.508 e. The monoisotopic (exact) mass is 191 g/mol. The zero-order chi connectivity index (χ0) is 10.1. The van der Waals surface area contributed by atoms with E-state index in [0.29, 0.717) is 5.75 Å². The third-order valence-corrected chi connectivity index (χ3v) is 3.05. The van der Waals surface area contributed by atoms with E-state index in [1.165, 1.54) is 16.7 Å². The standard InChI is InChI=1S/C12H17NO/c1-2-8-6-10(14)7-9-4-3-5-11(13)12(8)9/h6-7,11,14H,2-5,13H2,1H3. The Morgan fingerprint density at radius 1 is 1.50 bits per heavy atom. The van der Waals surface area contributed by atoms with Crippen LogP contribution in [0.3, 0.4) is 0 Å². The van der Waals surface area contributed by atoms with Crippen molar-refractivity contribution in [3.63, 3.8) is 0 Å². The van der Waals surface area contributed by atoms with Crippen LogP contribution in [-0.2, 0) is 12.8 Å². The molecule has 1 unspecified atom stereocenters. The first-order valence-corrected chi connectivity index (χ1v) is 5.32. The third-order valence-electron chi connectivity index (χ3n) is 3.05. The maximum atomic E-state index is 9.55. The van der Waals surface area contributed by atoms with Crippen LogP contribution in [0.15, 0.2) is 12.1 Å². The number of rotatable bonds is 1. The summed E-state index contributed by atoms with van der Waals surface area (Å²) in [7, 11) is 0. The maximum absolute atomic E-state index is 9.55. The van der Waals surface area contributed by atoms with Crippen LogP contribution in [0, 0.1) is 0 Å². The molecule has 14 heavy (non-hydrogen) atoms. The quantitative estimate of drug-likeness (QED) is 0.715. The number of phenolic OH excluding ortho intramolecular Hbond substituents is 1. The molecule has 0 radical (unpaired) electrons. The summed E-state index contributed by atoms with van der Waals surface area (Å²) in [6, 6.07) is 3.90. The fourth-order valence-corrected chi connectivity index (χ4v) is 2.39. The molecular weight excluding hydrogens is 174 g/mol. The lowest BCUT2D eigenvalue weighted by atomic mass is 9.84. The maximum Gasteiger partial charge on any atom is 0.116 e. The second kappa shape index (κ2) is 3.62. The van der Waals surface area contributed by atoms with Crippen LogP contribution >= 0.6 is 0 Å². The van der Waals surface area contributed by atoms with Gasteiger partial charge in [0.15, 0.2) is 0 Å². The second-order valence-electron chi connectivity index (χ2n) is 4.03. The van der Waals surface area contributed by atoms with E-state index in [1.54, 1.807) is 0 Å². The van der Waals surface area contributed by atoms with Gasteiger partial charge in [-0.3, -0.25) is 0 Å². The minimum absolute atomic E-state index is 0.175. The third kappa shape index (κ3) is 1.50. The van der Waals surface area contributed by atoms with Crippen molar-refractivity contribution in [3.05, 3.63) is 28.8 Å². The summed E-state index contributed by atoms with van der Waals surface area (Å²) < 4.78 is 0. The number of hydrogen-bond acceptors (Lipinski definition) is 2. The smallest absolute Gasteiger partial charge is 0.116 e. The Morgan fingerprint density at radius 3 is 3.00 bits per heavy atom. The summed E-state index contributed by atoms with van der Waals surface area (Å²) in [4.78, 5) is 0. The molecular formula is C12H17NO. The van der Waals surface area contributed by atoms with E-state index in [0.717, 1.165) is 25.7 Å². The Hall–Kier alpha value is -1.02. The minimum atomic E-state index is 0.175. The summed E-state index contributed by atoms with van der Waals surface area (Å²) >= 11 is 0. The number of aryl methyl sites for hydroxylation is 2. The van der Waals surface area contributed by atoms with Crippen molar-refractivity contribution in [1.82, 2.24) is 0 Å². The number of phenols is 1. The normalized spacial score (nSPS) is 20.6. The molecule has 3 N–H and O–H groups in total. The highest BCUT2D eigenvalue weighted by Gasteiger charge is 2.20. The van der Waals surface area contributed by atoms with Gasteiger partial charge in [-0.15, -0.1) is 0 Å². The van der Waals surface area contributed by atoms with E-state index in [2.05, 4.69) is 6.92 Å². The van der Waals surface area contributed by atoms with Crippen LogP contribution in [0.2, 0.25) is 0 Å². The van der Waals surface area contributed by atoms with Gasteiger partial charge >= 0.3 is 0 Å². The highest BCUT2D eigenvalue weighted by atomic mass is 16.3. The molecule has 0 saturated heterocycles. The molecule has 0 amide bonds. The number of benzene rings is 1. The number of aromatic hydroxyl groups is 1. The van der Waals surface area contributed by atoms with Crippen LogP contribution in [0.25, 0.3) is 0 Å². The fraction of sp³-hybridized carbons (Fsp3) is 0.500. The van der Waals surface area contributed by atoms with Crippen molar-refractivity contribution in [2.24, 2.45) is 5.73 Å². The first-order valence-electron chi connectivity index (χ1n) is 5.32. The Labute approximate surface area is 84.7 Å². The number of hydrogen-bond donors (Lipinski definition) is 2. The van der Waals surface area contributed by atoms with Crippen molar-refractivity contribution in [3.8, 4) is 5.75 Å². The van der Waals surface area contributed by atoms with Crippen LogP contribution in [0.1, 0.15) is 42.5 Å². The van der Waals surface area contributed by atoms with E-state index in [-0.39, 0.29) is 6.04 Å². The van der Waals surface area contributed by atoms with Crippen molar-refractivity contribution in [2.45, 2.75) is 38.6 Å². The highest BCUT2D eigenvalue weighted by Crippen LogP contribution is 2.33. The zero-order valence-electron chi connectivity index (χ0n) is 8.59. The largest absolute Gasteiger partial charge is 0.508 e. The number of fused-ring (bicyclic) bond motifs is 1. The molecule has 1 atom stereocenters. The molecule has 1 aliphatic carbocycles. The molecule has 0 saturated carbocycles. The molecule has 1 aliphatic rings. The Morgan fingerprint density at radius 2 is 2.29 bits per heavy atom. The molecule has 1 aromatic carbocycles. The van der Waals surface area contributed by atoms with Gasteiger partial charge in [-0.05, 0) is 54.5 Å². The first-order chi connectivity index (χ1) is 6.72. The highest BCUT2D eigenvalue weighted by molar-refractivity contribution is 5.44. The predicted octanol–water partition coefficient (Wildman–Crippen LogP) is 2.29. The lowest BCUT2D eigenvalue weighted by Gasteiger charge is -2.25. The topological polar surface area (TPSA) is 46.2 Å². The van der Waals surface area contributed by atoms with Crippen LogP contribution < -0.4 is 5.73 Å². The lowest BCUT2D eigenvalue weighted by Crippen LogP contribution is -2.19. The molecule has 0 aliphatic heterocycles. The molecule has 2 heteroatoms. The average molecular weight is 191 g/mol. The zero-order valence-corrected chi connectivity index (χ0v) is 8.59. The van der Waals surface area contributed by atoms with E-state index in [4.69, 9.17) is 5.73 Å². The van der Waals surface area contributed by atoms with Crippen LogP contribution in [0.4, 0.5) is 0 Å². The van der Waals surface area contributed by atoms with Gasteiger partial charge in [-0.2, -0.15) is 0 Å². The molecule has 2 rings (SSSR count). The van der Waals surface area contributed by atoms with Gasteiger partial charge in [-0.25, -0.2) is 0 Å². The van der Waals surface area contributed by atoms with Crippen molar-refractivity contribution in [2.75, 3.05) is 0 Å². The van der Waals surface area contributed by atoms with Gasteiger partial charge in [0.2, 0.25) is 0 Å². The van der Waals surface area contributed by atoms with E-state index in [9.17, 15) is 5.11 Å². The van der Waals surface area contributed by atoms with Crippen molar-refractivity contribution in [1.29, 1.82) is 0 Å². The van der Waals surface area contributed by atoms with Crippen molar-refractivity contribution >= 4 is 0 Å². The van der Waals surface area contributed by atoms with Gasteiger partial charge in [0, 0.05) is 6.04 Å². The first kappa shape index (κ1) is 9.53. The van der Waals surface area contributed by atoms with Gasteiger partial charge < -0.3 is 10.8 Å². The lowest BCUT2D eigenvalue weighted by molar-refractivity contribution is 0.470. The van der Waals surface area contributed by atoms with Gasteiger partial charge in [0.25, 0.3) is 0 Å². The summed E-state index contributed by atoms with van der Waals surface area (Å²) in [6.45, 7) is 2.11. The molecule has 1 aromatic rings. The van der Waals surface area contributed by atoms with Gasteiger partial charge in [-0.1, -0.05) is 6.92 Å². The summed E-state index contributed by atoms with van der Waals surface area (Å²) in [6.07, 6.45) is 4.22. The summed E-state index contributed by atoms with van der Waals surface area (Å²) in [5.74, 6) is 0.384. The molecule has 0 fully saturated rings. The van der Waals surface area contributed by atoms with E-state index in [1.807, 2.05) is 12.1 Å². The average Bonchev–Trinajstić information content (AvgIpc) is 2.16. The fourth-order valence-electron chi connectivity index (χ4n) is 2.39. The molecule has 0 aromatic heterocycles. The SMILES string of the molecule is CCc1cc(O)cc2c1C(N)CCC2. The predicted molar refractivity (Wildman–Crippen MR) is 57.4 cm³/mol. The van der Waals surface area contributed by atoms with Crippen molar-refractivity contribution < 1.29 is 5.11 Å². The van der Waals surface area contributed by atoms with Crippen LogP contribution in [0.5, 0.6) is 5.75 Å². The summed E-state index contributed by atoms with van der Waals surface area (Å²) in [5, 5.41) is 9.55. The van der Waals surface area contributed by atoms with Gasteiger partial charge in [0.1, 0.15) is 5.75 Å². The van der Waals surface area contributed by atoms with Gasteiger partial charge in [0.05, 0.1) is 0 Å². The Bertz CT molecular complexity index is 329. The van der Waals surface area contributed by atoms with Crippen LogP contribution in [-0.4, -0.2) is 5.11 Å². The number of nitrogens with two attached hydrogens (primary N) is 1. The molecule has 76 valence electrons. The summed E-state index contributed by atoms with van der Waals surface area (Å²) in [5.41, 5.74) is 9.85. The molecule has 0 bridgehead atoms. The second-order valence-corrected chi connectivity index (χ2v) is 4.03. The van der Waals surface area contributed by atoms with E-state index < -0.39 is 0 Å².